The predicted molar refractivity (Wildman–Crippen MR) is 61.3 cm³/mol. The highest BCUT2D eigenvalue weighted by molar-refractivity contribution is 4.92. The molecule has 1 aliphatic carbocycles. The Balaban J connectivity index is 1.99. The third-order valence-corrected chi connectivity index (χ3v) is 4.26. The van der Waals surface area contributed by atoms with Crippen molar-refractivity contribution in [1.29, 1.82) is 0 Å². The summed E-state index contributed by atoms with van der Waals surface area (Å²) in [6, 6.07) is 0. The SMILES string of the molecule is CC1CC[C@@H]2CN(C(C)(C)C)C[C@@H]2C1. The van der Waals surface area contributed by atoms with Gasteiger partial charge in [-0.15, -0.1) is 0 Å². The van der Waals surface area contributed by atoms with Crippen molar-refractivity contribution >= 4 is 0 Å². The van der Waals surface area contributed by atoms with Crippen molar-refractivity contribution in [1.82, 2.24) is 4.90 Å². The smallest absolute Gasteiger partial charge is 0.0125 e. The Morgan fingerprint density at radius 3 is 2.29 bits per heavy atom. The zero-order valence-corrected chi connectivity index (χ0v) is 10.2. The molecular weight excluding hydrogens is 170 g/mol. The molecule has 82 valence electrons. The molecule has 0 aromatic carbocycles. The second kappa shape index (κ2) is 3.52. The first-order valence-electron chi connectivity index (χ1n) is 6.22. The zero-order chi connectivity index (χ0) is 10.3. The van der Waals surface area contributed by atoms with Crippen LogP contribution in [0, 0.1) is 17.8 Å². The van der Waals surface area contributed by atoms with E-state index in [-0.39, 0.29) is 0 Å². The van der Waals surface area contributed by atoms with E-state index < -0.39 is 0 Å². The molecule has 0 amide bonds. The molecule has 14 heavy (non-hydrogen) atoms. The summed E-state index contributed by atoms with van der Waals surface area (Å²) in [6.45, 7) is 12.2. The molecule has 0 aromatic heterocycles. The first-order chi connectivity index (χ1) is 6.47. The maximum absolute atomic E-state index is 2.69. The summed E-state index contributed by atoms with van der Waals surface area (Å²) in [4.78, 5) is 2.69. The van der Waals surface area contributed by atoms with E-state index in [1.54, 1.807) is 0 Å². The first-order valence-corrected chi connectivity index (χ1v) is 6.22. The Labute approximate surface area is 88.9 Å². The van der Waals surface area contributed by atoms with E-state index in [4.69, 9.17) is 0 Å². The summed E-state index contributed by atoms with van der Waals surface area (Å²) >= 11 is 0. The van der Waals surface area contributed by atoms with Gasteiger partial charge in [0.25, 0.3) is 0 Å². The van der Waals surface area contributed by atoms with Gasteiger partial charge in [0.15, 0.2) is 0 Å². The largest absolute Gasteiger partial charge is 0.298 e. The van der Waals surface area contributed by atoms with Crippen molar-refractivity contribution in [2.45, 2.75) is 52.5 Å². The number of fused-ring (bicyclic) bond motifs is 1. The van der Waals surface area contributed by atoms with E-state index in [2.05, 4.69) is 32.6 Å². The van der Waals surface area contributed by atoms with E-state index in [0.29, 0.717) is 5.54 Å². The van der Waals surface area contributed by atoms with Crippen LogP contribution in [-0.4, -0.2) is 23.5 Å². The highest BCUT2D eigenvalue weighted by Gasteiger charge is 2.39. The number of nitrogens with zero attached hydrogens (tertiary/aromatic N) is 1. The number of hydrogen-bond donors (Lipinski definition) is 0. The summed E-state index contributed by atoms with van der Waals surface area (Å²) in [5, 5.41) is 0. The Morgan fingerprint density at radius 2 is 1.64 bits per heavy atom. The molecule has 1 heterocycles. The topological polar surface area (TPSA) is 3.24 Å². The molecular formula is C13H25N. The molecule has 3 atom stereocenters. The lowest BCUT2D eigenvalue weighted by molar-refractivity contribution is 0.165. The minimum atomic E-state index is 0.389. The average Bonchev–Trinajstić information content (AvgIpc) is 2.45. The van der Waals surface area contributed by atoms with Crippen LogP contribution >= 0.6 is 0 Å². The molecule has 1 saturated heterocycles. The van der Waals surface area contributed by atoms with Crippen LogP contribution in [0.4, 0.5) is 0 Å². The summed E-state index contributed by atoms with van der Waals surface area (Å²) in [7, 11) is 0. The number of likely N-dealkylation sites (tertiary alicyclic amines) is 1. The molecule has 1 nitrogen and oxygen atoms in total. The number of hydrogen-bond acceptors (Lipinski definition) is 1. The average molecular weight is 195 g/mol. The third-order valence-electron chi connectivity index (χ3n) is 4.26. The summed E-state index contributed by atoms with van der Waals surface area (Å²) in [5.41, 5.74) is 0.389. The third kappa shape index (κ3) is 1.98. The Hall–Kier alpha value is -0.0400. The molecule has 1 unspecified atom stereocenters. The van der Waals surface area contributed by atoms with E-state index in [0.717, 1.165) is 17.8 Å². The second-order valence-electron chi connectivity index (χ2n) is 6.51. The highest BCUT2D eigenvalue weighted by atomic mass is 15.2. The van der Waals surface area contributed by atoms with Gasteiger partial charge < -0.3 is 0 Å². The van der Waals surface area contributed by atoms with Crippen molar-refractivity contribution in [2.75, 3.05) is 13.1 Å². The van der Waals surface area contributed by atoms with Crippen LogP contribution in [0.25, 0.3) is 0 Å². The molecule has 0 aromatic rings. The lowest BCUT2D eigenvalue weighted by Crippen LogP contribution is -2.39. The zero-order valence-electron chi connectivity index (χ0n) is 10.2. The van der Waals surface area contributed by atoms with Crippen LogP contribution in [-0.2, 0) is 0 Å². The van der Waals surface area contributed by atoms with Crippen LogP contribution in [0.15, 0.2) is 0 Å². The fourth-order valence-electron chi connectivity index (χ4n) is 3.21. The summed E-state index contributed by atoms with van der Waals surface area (Å²) < 4.78 is 0. The molecule has 2 aliphatic rings. The molecule has 0 N–H and O–H groups in total. The quantitative estimate of drug-likeness (QED) is 0.574. The van der Waals surface area contributed by atoms with Crippen molar-refractivity contribution in [3.05, 3.63) is 0 Å². The molecule has 2 fully saturated rings. The van der Waals surface area contributed by atoms with Gasteiger partial charge in [0, 0.05) is 18.6 Å². The van der Waals surface area contributed by atoms with Gasteiger partial charge in [0.2, 0.25) is 0 Å². The normalized spacial score (nSPS) is 39.9. The highest BCUT2D eigenvalue weighted by Crippen LogP contribution is 2.40. The van der Waals surface area contributed by atoms with Gasteiger partial charge in [-0.2, -0.15) is 0 Å². The van der Waals surface area contributed by atoms with Gasteiger partial charge >= 0.3 is 0 Å². The lowest BCUT2D eigenvalue weighted by Gasteiger charge is -2.31. The van der Waals surface area contributed by atoms with Crippen molar-refractivity contribution in [3.8, 4) is 0 Å². The second-order valence-corrected chi connectivity index (χ2v) is 6.51. The van der Waals surface area contributed by atoms with Gasteiger partial charge in [-0.05, 0) is 51.4 Å². The maximum atomic E-state index is 2.69. The van der Waals surface area contributed by atoms with Gasteiger partial charge in [0.05, 0.1) is 0 Å². The van der Waals surface area contributed by atoms with Gasteiger partial charge in [-0.1, -0.05) is 13.3 Å². The van der Waals surface area contributed by atoms with Crippen molar-refractivity contribution in [3.63, 3.8) is 0 Å². The van der Waals surface area contributed by atoms with E-state index in [1.165, 1.54) is 32.4 Å². The molecule has 1 heteroatoms. The standard InChI is InChI=1S/C13H25N/c1-10-5-6-11-8-14(13(2,3)4)9-12(11)7-10/h10-12H,5-9H2,1-4H3/t10?,11-,12+/m1/s1. The molecule has 1 aliphatic heterocycles. The van der Waals surface area contributed by atoms with E-state index in [9.17, 15) is 0 Å². The van der Waals surface area contributed by atoms with Crippen LogP contribution in [0.3, 0.4) is 0 Å². The van der Waals surface area contributed by atoms with Crippen LogP contribution in [0.2, 0.25) is 0 Å². The molecule has 0 spiro atoms. The minimum Gasteiger partial charge on any atom is -0.298 e. The van der Waals surface area contributed by atoms with Crippen molar-refractivity contribution < 1.29 is 0 Å². The monoisotopic (exact) mass is 195 g/mol. The predicted octanol–water partition coefficient (Wildman–Crippen LogP) is 3.15. The Bertz CT molecular complexity index is 204. The Morgan fingerprint density at radius 1 is 1.00 bits per heavy atom. The summed E-state index contributed by atoms with van der Waals surface area (Å²) in [6.07, 6.45) is 4.44. The molecule has 1 saturated carbocycles. The first kappa shape index (κ1) is 10.5. The fourth-order valence-corrected chi connectivity index (χ4v) is 3.21. The summed E-state index contributed by atoms with van der Waals surface area (Å²) in [5.74, 6) is 3.01. The lowest BCUT2D eigenvalue weighted by atomic mass is 9.77. The fraction of sp³-hybridized carbons (Fsp3) is 1.00. The van der Waals surface area contributed by atoms with Gasteiger partial charge in [-0.25, -0.2) is 0 Å². The van der Waals surface area contributed by atoms with Crippen LogP contribution < -0.4 is 0 Å². The molecule has 0 bridgehead atoms. The molecule has 2 rings (SSSR count). The Kier molecular flexibility index (Phi) is 2.63. The van der Waals surface area contributed by atoms with Crippen LogP contribution in [0.1, 0.15) is 47.0 Å². The van der Waals surface area contributed by atoms with Crippen molar-refractivity contribution in [2.24, 2.45) is 17.8 Å². The van der Waals surface area contributed by atoms with Gasteiger partial charge in [0.1, 0.15) is 0 Å². The maximum Gasteiger partial charge on any atom is 0.0125 e. The number of rotatable bonds is 0. The van der Waals surface area contributed by atoms with E-state index >= 15 is 0 Å². The molecule has 0 radical (unpaired) electrons. The minimum absolute atomic E-state index is 0.389. The van der Waals surface area contributed by atoms with Gasteiger partial charge in [-0.3, -0.25) is 4.90 Å². The van der Waals surface area contributed by atoms with E-state index in [1.807, 2.05) is 0 Å². The van der Waals surface area contributed by atoms with Crippen LogP contribution in [0.5, 0.6) is 0 Å².